The maximum Gasteiger partial charge on any atom is 0.308 e. The van der Waals surface area contributed by atoms with Crippen LogP contribution in [0.5, 0.6) is 5.75 Å². The second kappa shape index (κ2) is 6.80. The SMILES string of the molecule is CC(Oc1ccc(Cl)cc1)C(=O)NC1CCCC1C(=O)O. The van der Waals surface area contributed by atoms with Gasteiger partial charge >= 0.3 is 5.97 Å². The van der Waals surface area contributed by atoms with Gasteiger partial charge in [0.1, 0.15) is 5.75 Å². The molecule has 1 aromatic rings. The van der Waals surface area contributed by atoms with Crippen molar-refractivity contribution in [1.82, 2.24) is 5.32 Å². The summed E-state index contributed by atoms with van der Waals surface area (Å²) in [6.07, 6.45) is 1.42. The van der Waals surface area contributed by atoms with Crippen LogP contribution in [0.15, 0.2) is 24.3 Å². The largest absolute Gasteiger partial charge is 0.481 e. The van der Waals surface area contributed by atoms with Gasteiger partial charge in [0.15, 0.2) is 6.10 Å². The molecule has 2 rings (SSSR count). The Kier molecular flexibility index (Phi) is 5.07. The van der Waals surface area contributed by atoms with E-state index in [1.54, 1.807) is 31.2 Å². The highest BCUT2D eigenvalue weighted by Gasteiger charge is 2.34. The number of hydrogen-bond donors (Lipinski definition) is 2. The van der Waals surface area contributed by atoms with Gasteiger partial charge in [-0.1, -0.05) is 18.0 Å². The number of carbonyl (C=O) groups excluding carboxylic acids is 1. The number of rotatable bonds is 5. The minimum Gasteiger partial charge on any atom is -0.481 e. The molecule has 3 unspecified atom stereocenters. The molecule has 6 heteroatoms. The predicted octanol–water partition coefficient (Wildman–Crippen LogP) is 2.48. The molecule has 1 fully saturated rings. The number of benzene rings is 1. The maximum atomic E-state index is 12.1. The van der Waals surface area contributed by atoms with Gasteiger partial charge in [-0.15, -0.1) is 0 Å². The van der Waals surface area contributed by atoms with Gasteiger partial charge in [0.25, 0.3) is 5.91 Å². The first-order valence-corrected chi connectivity index (χ1v) is 7.30. The van der Waals surface area contributed by atoms with Crippen LogP contribution in [0.3, 0.4) is 0 Å². The Morgan fingerprint density at radius 1 is 1.33 bits per heavy atom. The summed E-state index contributed by atoms with van der Waals surface area (Å²) in [7, 11) is 0. The zero-order valence-electron chi connectivity index (χ0n) is 11.7. The summed E-state index contributed by atoms with van der Waals surface area (Å²) < 4.78 is 5.52. The quantitative estimate of drug-likeness (QED) is 0.876. The van der Waals surface area contributed by atoms with Crippen LogP contribution in [0.1, 0.15) is 26.2 Å². The van der Waals surface area contributed by atoms with E-state index in [0.29, 0.717) is 23.6 Å². The third-order valence-corrected chi connectivity index (χ3v) is 3.91. The highest BCUT2D eigenvalue weighted by atomic mass is 35.5. The van der Waals surface area contributed by atoms with Crippen molar-refractivity contribution >= 4 is 23.5 Å². The number of amides is 1. The first-order chi connectivity index (χ1) is 9.97. The van der Waals surface area contributed by atoms with Crippen LogP contribution in [0.4, 0.5) is 0 Å². The van der Waals surface area contributed by atoms with Crippen molar-refractivity contribution in [2.45, 2.75) is 38.3 Å². The number of nitrogens with one attached hydrogen (secondary N) is 1. The Hall–Kier alpha value is -1.75. The van der Waals surface area contributed by atoms with Crippen LogP contribution in [-0.4, -0.2) is 29.1 Å². The highest BCUT2D eigenvalue weighted by Crippen LogP contribution is 2.26. The van der Waals surface area contributed by atoms with Gasteiger partial charge in [0.2, 0.25) is 0 Å². The number of carbonyl (C=O) groups is 2. The van der Waals surface area contributed by atoms with E-state index in [-0.39, 0.29) is 11.9 Å². The summed E-state index contributed by atoms with van der Waals surface area (Å²) in [4.78, 5) is 23.2. The van der Waals surface area contributed by atoms with Crippen molar-refractivity contribution in [3.8, 4) is 5.75 Å². The van der Waals surface area contributed by atoms with Crippen LogP contribution >= 0.6 is 11.6 Å². The monoisotopic (exact) mass is 311 g/mol. The summed E-state index contributed by atoms with van der Waals surface area (Å²) in [6, 6.07) is 6.41. The van der Waals surface area contributed by atoms with Crippen LogP contribution in [0.25, 0.3) is 0 Å². The fourth-order valence-corrected chi connectivity index (χ4v) is 2.63. The van der Waals surface area contributed by atoms with E-state index in [1.807, 2.05) is 0 Å². The molecule has 0 aromatic heterocycles. The molecular formula is C15H18ClNO4. The van der Waals surface area contributed by atoms with Crippen LogP contribution in [-0.2, 0) is 9.59 Å². The molecule has 1 aromatic carbocycles. The second-order valence-electron chi connectivity index (χ2n) is 5.20. The number of carboxylic acids is 1. The normalized spacial score (nSPS) is 22.6. The minimum atomic E-state index is -0.857. The fraction of sp³-hybridized carbons (Fsp3) is 0.467. The van der Waals surface area contributed by atoms with E-state index in [9.17, 15) is 9.59 Å². The smallest absolute Gasteiger partial charge is 0.308 e. The fourth-order valence-electron chi connectivity index (χ4n) is 2.50. The lowest BCUT2D eigenvalue weighted by Gasteiger charge is -2.21. The Balaban J connectivity index is 1.90. The number of hydrogen-bond acceptors (Lipinski definition) is 3. The maximum absolute atomic E-state index is 12.1. The molecule has 0 aliphatic heterocycles. The number of ether oxygens (including phenoxy) is 1. The van der Waals surface area contributed by atoms with Crippen molar-refractivity contribution in [3.05, 3.63) is 29.3 Å². The van der Waals surface area contributed by atoms with E-state index < -0.39 is 18.0 Å². The Morgan fingerprint density at radius 3 is 2.62 bits per heavy atom. The molecule has 0 radical (unpaired) electrons. The molecule has 0 heterocycles. The second-order valence-corrected chi connectivity index (χ2v) is 5.64. The molecule has 1 aliphatic carbocycles. The molecule has 1 amide bonds. The summed E-state index contributed by atoms with van der Waals surface area (Å²) in [5, 5.41) is 12.5. The average Bonchev–Trinajstić information content (AvgIpc) is 2.89. The number of carboxylic acid groups (broad SMARTS) is 1. The van der Waals surface area contributed by atoms with E-state index in [0.717, 1.165) is 6.42 Å². The van der Waals surface area contributed by atoms with Gasteiger partial charge in [0, 0.05) is 11.1 Å². The summed E-state index contributed by atoms with van der Waals surface area (Å²) in [6.45, 7) is 1.63. The van der Waals surface area contributed by atoms with Gasteiger partial charge in [-0.05, 0) is 44.0 Å². The van der Waals surface area contributed by atoms with Gasteiger partial charge < -0.3 is 15.2 Å². The zero-order valence-corrected chi connectivity index (χ0v) is 12.5. The Labute approximate surface area is 128 Å². The molecule has 1 aliphatic rings. The molecule has 114 valence electrons. The van der Waals surface area contributed by atoms with Crippen molar-refractivity contribution < 1.29 is 19.4 Å². The summed E-state index contributed by atoms with van der Waals surface area (Å²) in [5.74, 6) is -1.12. The lowest BCUT2D eigenvalue weighted by atomic mass is 10.0. The number of aliphatic carboxylic acids is 1. The van der Waals surface area contributed by atoms with Crippen LogP contribution in [0.2, 0.25) is 5.02 Å². The van der Waals surface area contributed by atoms with Crippen molar-refractivity contribution in [1.29, 1.82) is 0 Å². The zero-order chi connectivity index (χ0) is 15.4. The molecule has 0 bridgehead atoms. The van der Waals surface area contributed by atoms with Crippen LogP contribution in [0, 0.1) is 5.92 Å². The first-order valence-electron chi connectivity index (χ1n) is 6.93. The van der Waals surface area contributed by atoms with E-state index in [4.69, 9.17) is 21.4 Å². The highest BCUT2D eigenvalue weighted by molar-refractivity contribution is 6.30. The lowest BCUT2D eigenvalue weighted by molar-refractivity contribution is -0.142. The summed E-state index contributed by atoms with van der Waals surface area (Å²) >= 11 is 5.78. The molecule has 5 nitrogen and oxygen atoms in total. The van der Waals surface area contributed by atoms with Gasteiger partial charge in [-0.2, -0.15) is 0 Å². The van der Waals surface area contributed by atoms with Crippen molar-refractivity contribution in [2.24, 2.45) is 5.92 Å². The van der Waals surface area contributed by atoms with Crippen LogP contribution < -0.4 is 10.1 Å². The molecule has 0 saturated heterocycles. The van der Waals surface area contributed by atoms with E-state index >= 15 is 0 Å². The Morgan fingerprint density at radius 2 is 2.00 bits per heavy atom. The predicted molar refractivity (Wildman–Crippen MR) is 78.4 cm³/mol. The third-order valence-electron chi connectivity index (χ3n) is 3.66. The standard InChI is InChI=1S/C15H18ClNO4/c1-9(21-11-7-5-10(16)6-8-11)14(18)17-13-4-2-3-12(13)15(19)20/h5-9,12-13H,2-4H2,1H3,(H,17,18)(H,19,20). The van der Waals surface area contributed by atoms with Crippen molar-refractivity contribution in [3.63, 3.8) is 0 Å². The van der Waals surface area contributed by atoms with Gasteiger partial charge in [0.05, 0.1) is 5.92 Å². The molecule has 21 heavy (non-hydrogen) atoms. The molecule has 1 saturated carbocycles. The Bertz CT molecular complexity index is 517. The van der Waals surface area contributed by atoms with E-state index in [1.165, 1.54) is 0 Å². The lowest BCUT2D eigenvalue weighted by Crippen LogP contribution is -2.45. The minimum absolute atomic E-state index is 0.303. The van der Waals surface area contributed by atoms with Gasteiger partial charge in [-0.25, -0.2) is 0 Å². The van der Waals surface area contributed by atoms with E-state index in [2.05, 4.69) is 5.32 Å². The van der Waals surface area contributed by atoms with Gasteiger partial charge in [-0.3, -0.25) is 9.59 Å². The molecule has 2 N–H and O–H groups in total. The molecule has 0 spiro atoms. The molecular weight excluding hydrogens is 294 g/mol. The summed E-state index contributed by atoms with van der Waals surface area (Å²) in [5.41, 5.74) is 0. The average molecular weight is 312 g/mol. The van der Waals surface area contributed by atoms with Crippen molar-refractivity contribution in [2.75, 3.05) is 0 Å². The topological polar surface area (TPSA) is 75.6 Å². The first kappa shape index (κ1) is 15.6. The third kappa shape index (κ3) is 4.11. The molecule has 3 atom stereocenters. The number of halogens is 1.